The van der Waals surface area contributed by atoms with Crippen LogP contribution in [0.15, 0.2) is 52.0 Å². The molecule has 0 aromatic heterocycles. The molecule has 1 atom stereocenters. The number of hydrogen-bond donors (Lipinski definition) is 2. The van der Waals surface area contributed by atoms with Crippen LogP contribution < -0.4 is 14.9 Å². The highest BCUT2D eigenvalue weighted by atomic mass is 79.9. The fourth-order valence-corrected chi connectivity index (χ4v) is 2.33. The Morgan fingerprint density at radius 1 is 1.23 bits per heavy atom. The zero-order valence-electron chi connectivity index (χ0n) is 14.1. The molecule has 0 aliphatic heterocycles. The normalized spacial score (nSPS) is 11.8. The number of carboxylic acid groups (broad SMARTS) is 1. The van der Waals surface area contributed by atoms with Crippen LogP contribution in [0.3, 0.4) is 0 Å². The van der Waals surface area contributed by atoms with Crippen molar-refractivity contribution < 1.29 is 24.2 Å². The fourth-order valence-electron chi connectivity index (χ4n) is 1.97. The lowest BCUT2D eigenvalue weighted by molar-refractivity contribution is -0.144. The lowest BCUT2D eigenvalue weighted by Crippen LogP contribution is -2.22. The van der Waals surface area contributed by atoms with E-state index in [1.54, 1.807) is 42.5 Å². The Morgan fingerprint density at radius 3 is 2.54 bits per heavy atom. The first kappa shape index (κ1) is 19.5. The van der Waals surface area contributed by atoms with E-state index >= 15 is 0 Å². The quantitative estimate of drug-likeness (QED) is 0.529. The number of benzene rings is 2. The SMILES string of the molecule is COc1ccc(Br)cc1C(=O)N/N=C\c1ccc(O[C@H](C)C(=O)O)cc1. The van der Waals surface area contributed by atoms with Crippen molar-refractivity contribution >= 4 is 34.0 Å². The van der Waals surface area contributed by atoms with Crippen molar-refractivity contribution in [1.82, 2.24) is 5.43 Å². The first-order valence-electron chi connectivity index (χ1n) is 7.57. The van der Waals surface area contributed by atoms with Gasteiger partial charge < -0.3 is 14.6 Å². The molecule has 0 saturated carbocycles. The highest BCUT2D eigenvalue weighted by Gasteiger charge is 2.13. The number of rotatable bonds is 7. The minimum Gasteiger partial charge on any atom is -0.496 e. The van der Waals surface area contributed by atoms with Gasteiger partial charge in [0.15, 0.2) is 6.10 Å². The van der Waals surface area contributed by atoms with Crippen molar-refractivity contribution in [3.8, 4) is 11.5 Å². The average molecular weight is 421 g/mol. The second-order valence-corrected chi connectivity index (χ2v) is 6.13. The van der Waals surface area contributed by atoms with Crippen LogP contribution in [-0.4, -0.2) is 36.4 Å². The van der Waals surface area contributed by atoms with Gasteiger partial charge in [-0.05, 0) is 55.0 Å². The molecule has 0 unspecified atom stereocenters. The number of aliphatic carboxylic acids is 1. The van der Waals surface area contributed by atoms with Crippen molar-refractivity contribution in [2.75, 3.05) is 7.11 Å². The number of methoxy groups -OCH3 is 1. The molecule has 2 aromatic carbocycles. The second kappa shape index (κ2) is 9.00. The lowest BCUT2D eigenvalue weighted by Gasteiger charge is -2.10. The standard InChI is InChI=1S/C18H17BrN2O5/c1-11(18(23)24)26-14-6-3-12(4-7-14)10-20-21-17(22)15-9-13(19)5-8-16(15)25-2/h3-11H,1-2H3,(H,21,22)(H,23,24)/b20-10-/t11-/m1/s1. The largest absolute Gasteiger partial charge is 0.496 e. The van der Waals surface area contributed by atoms with Gasteiger partial charge in [-0.25, -0.2) is 10.2 Å². The van der Waals surface area contributed by atoms with Crippen LogP contribution in [0, 0.1) is 0 Å². The van der Waals surface area contributed by atoms with Gasteiger partial charge in [0.05, 0.1) is 18.9 Å². The second-order valence-electron chi connectivity index (χ2n) is 5.21. The maximum absolute atomic E-state index is 12.2. The molecule has 0 heterocycles. The number of nitrogens with zero attached hydrogens (tertiary/aromatic N) is 1. The van der Waals surface area contributed by atoms with E-state index in [4.69, 9.17) is 14.6 Å². The summed E-state index contributed by atoms with van der Waals surface area (Å²) < 4.78 is 11.1. The summed E-state index contributed by atoms with van der Waals surface area (Å²) in [5.41, 5.74) is 3.49. The van der Waals surface area contributed by atoms with Gasteiger partial charge in [-0.3, -0.25) is 4.79 Å². The van der Waals surface area contributed by atoms with Gasteiger partial charge in [0.1, 0.15) is 11.5 Å². The monoisotopic (exact) mass is 420 g/mol. The van der Waals surface area contributed by atoms with E-state index in [1.165, 1.54) is 20.2 Å². The summed E-state index contributed by atoms with van der Waals surface area (Å²) in [6, 6.07) is 11.7. The van der Waals surface area contributed by atoms with Crippen molar-refractivity contribution in [3.63, 3.8) is 0 Å². The number of carbonyl (C=O) groups is 2. The van der Waals surface area contributed by atoms with E-state index in [0.717, 1.165) is 4.47 Å². The van der Waals surface area contributed by atoms with E-state index < -0.39 is 18.0 Å². The molecule has 0 aliphatic carbocycles. The Bertz CT molecular complexity index is 821. The number of hydrogen-bond acceptors (Lipinski definition) is 5. The topological polar surface area (TPSA) is 97.2 Å². The summed E-state index contributed by atoms with van der Waals surface area (Å²) in [5.74, 6) is -0.578. The summed E-state index contributed by atoms with van der Waals surface area (Å²) in [6.45, 7) is 1.45. The molecule has 8 heteroatoms. The van der Waals surface area contributed by atoms with Gasteiger partial charge in [-0.1, -0.05) is 15.9 Å². The van der Waals surface area contributed by atoms with Crippen LogP contribution in [0.25, 0.3) is 0 Å². The number of carbonyl (C=O) groups excluding carboxylic acids is 1. The van der Waals surface area contributed by atoms with Crippen LogP contribution in [0.4, 0.5) is 0 Å². The number of hydrazone groups is 1. The van der Waals surface area contributed by atoms with Crippen molar-refractivity contribution in [3.05, 3.63) is 58.1 Å². The predicted octanol–water partition coefficient (Wildman–Crippen LogP) is 3.07. The van der Waals surface area contributed by atoms with Crippen LogP contribution >= 0.6 is 15.9 Å². The summed E-state index contributed by atoms with van der Waals surface area (Å²) in [6.07, 6.45) is 0.529. The molecule has 0 spiro atoms. The third-order valence-electron chi connectivity index (χ3n) is 3.33. The van der Waals surface area contributed by atoms with Crippen LogP contribution in [0.1, 0.15) is 22.8 Å². The molecule has 0 radical (unpaired) electrons. The molecular weight excluding hydrogens is 404 g/mol. The Kier molecular flexibility index (Phi) is 6.74. The molecule has 136 valence electrons. The van der Waals surface area contributed by atoms with E-state index in [9.17, 15) is 9.59 Å². The number of halogens is 1. The molecule has 0 bridgehead atoms. The number of nitrogens with one attached hydrogen (secondary N) is 1. The van der Waals surface area contributed by atoms with Crippen LogP contribution in [-0.2, 0) is 4.79 Å². The van der Waals surface area contributed by atoms with Gasteiger partial charge >= 0.3 is 5.97 Å². The minimum absolute atomic E-state index is 0.352. The summed E-state index contributed by atoms with van der Waals surface area (Å²) >= 11 is 3.31. The van der Waals surface area contributed by atoms with Crippen molar-refractivity contribution in [2.24, 2.45) is 5.10 Å². The number of ether oxygens (including phenoxy) is 2. The summed E-state index contributed by atoms with van der Waals surface area (Å²) in [7, 11) is 1.48. The molecule has 2 N–H and O–H groups in total. The molecule has 2 rings (SSSR count). The lowest BCUT2D eigenvalue weighted by atomic mass is 10.2. The molecule has 0 saturated heterocycles. The average Bonchev–Trinajstić information content (AvgIpc) is 2.62. The molecule has 0 fully saturated rings. The fraction of sp³-hybridized carbons (Fsp3) is 0.167. The van der Waals surface area contributed by atoms with Crippen molar-refractivity contribution in [2.45, 2.75) is 13.0 Å². The number of amides is 1. The smallest absolute Gasteiger partial charge is 0.344 e. The maximum Gasteiger partial charge on any atom is 0.344 e. The van der Waals surface area contributed by atoms with Crippen molar-refractivity contribution in [1.29, 1.82) is 0 Å². The number of carboxylic acids is 1. The van der Waals surface area contributed by atoms with Gasteiger partial charge in [0.2, 0.25) is 0 Å². The molecule has 2 aromatic rings. The third kappa shape index (κ3) is 5.32. The molecule has 7 nitrogen and oxygen atoms in total. The Labute approximate surface area is 158 Å². The highest BCUT2D eigenvalue weighted by molar-refractivity contribution is 9.10. The Balaban J connectivity index is 1.99. The minimum atomic E-state index is -1.04. The Morgan fingerprint density at radius 2 is 1.92 bits per heavy atom. The van der Waals surface area contributed by atoms with E-state index in [-0.39, 0.29) is 0 Å². The van der Waals surface area contributed by atoms with E-state index in [0.29, 0.717) is 22.6 Å². The van der Waals surface area contributed by atoms with Crippen LogP contribution in [0.5, 0.6) is 11.5 Å². The molecular formula is C18H17BrN2O5. The van der Waals surface area contributed by atoms with Gasteiger partial charge in [-0.15, -0.1) is 0 Å². The third-order valence-corrected chi connectivity index (χ3v) is 3.82. The van der Waals surface area contributed by atoms with E-state index in [2.05, 4.69) is 26.5 Å². The zero-order chi connectivity index (χ0) is 19.1. The highest BCUT2D eigenvalue weighted by Crippen LogP contribution is 2.22. The first-order chi connectivity index (χ1) is 12.4. The summed E-state index contributed by atoms with van der Waals surface area (Å²) in [4.78, 5) is 23.0. The maximum atomic E-state index is 12.2. The zero-order valence-corrected chi connectivity index (χ0v) is 15.7. The van der Waals surface area contributed by atoms with Gasteiger partial charge in [-0.2, -0.15) is 5.10 Å². The molecule has 1 amide bonds. The Hall–Kier alpha value is -2.87. The molecule has 0 aliphatic rings. The molecule has 26 heavy (non-hydrogen) atoms. The van der Waals surface area contributed by atoms with Crippen LogP contribution in [0.2, 0.25) is 0 Å². The summed E-state index contributed by atoms with van der Waals surface area (Å²) in [5, 5.41) is 12.7. The van der Waals surface area contributed by atoms with E-state index in [1.807, 2.05) is 0 Å². The predicted molar refractivity (Wildman–Crippen MR) is 99.9 cm³/mol. The first-order valence-corrected chi connectivity index (χ1v) is 8.36. The van der Waals surface area contributed by atoms with Gasteiger partial charge in [0.25, 0.3) is 5.91 Å². The van der Waals surface area contributed by atoms with Gasteiger partial charge in [0, 0.05) is 4.47 Å².